The van der Waals surface area contributed by atoms with Crippen molar-refractivity contribution in [3.05, 3.63) is 87.7 Å². The minimum Gasteiger partial charge on any atom is -0.507 e. The van der Waals surface area contributed by atoms with E-state index in [0.29, 0.717) is 33.6 Å². The number of carbonyl (C=O) groups excluding carboxylic acids is 1. The zero-order chi connectivity index (χ0) is 28.5. The van der Waals surface area contributed by atoms with Crippen LogP contribution in [-0.4, -0.2) is 22.2 Å². The zero-order valence-electron chi connectivity index (χ0n) is 24.1. The Morgan fingerprint density at radius 3 is 1.82 bits per heavy atom. The summed E-state index contributed by atoms with van der Waals surface area (Å²) in [5, 5.41) is 21.1. The number of aliphatic carboxylic acids is 1. The molecule has 0 saturated heterocycles. The van der Waals surface area contributed by atoms with Gasteiger partial charge in [0.2, 0.25) is 0 Å². The normalized spacial score (nSPS) is 19.9. The predicted octanol–water partition coefficient (Wildman–Crippen LogP) is 8.18. The van der Waals surface area contributed by atoms with Gasteiger partial charge in [0.25, 0.3) is 0 Å². The van der Waals surface area contributed by atoms with Gasteiger partial charge in [-0.15, -0.1) is 0 Å². The van der Waals surface area contributed by atoms with Gasteiger partial charge < -0.3 is 14.9 Å². The number of aromatic hydroxyl groups is 1. The number of benzene rings is 2. The summed E-state index contributed by atoms with van der Waals surface area (Å²) >= 11 is 0. The van der Waals surface area contributed by atoms with Crippen LogP contribution in [0.2, 0.25) is 0 Å². The number of carboxylic acid groups (broad SMARTS) is 1. The largest absolute Gasteiger partial charge is 0.507 e. The number of allylic oxidation sites excluding steroid dienone is 3. The van der Waals surface area contributed by atoms with E-state index in [1.54, 1.807) is 18.2 Å². The number of carboxylic acids is 1. The SMILES string of the molecule is CC(C)C1=C(OC(=O)c2cc(C(C)C)c(O)c(C(C)C)c2)C(C)(C(C)C)C(c2ccccc2)C(C(=O)O)=C1. The quantitative estimate of drug-likeness (QED) is 0.344. The van der Waals surface area contributed by atoms with Gasteiger partial charge in [0, 0.05) is 16.9 Å². The van der Waals surface area contributed by atoms with E-state index in [-0.39, 0.29) is 29.4 Å². The van der Waals surface area contributed by atoms with Gasteiger partial charge in [-0.2, -0.15) is 0 Å². The second-order valence-electron chi connectivity index (χ2n) is 11.8. The van der Waals surface area contributed by atoms with Crippen molar-refractivity contribution in [2.24, 2.45) is 17.3 Å². The van der Waals surface area contributed by atoms with E-state index in [0.717, 1.165) is 5.56 Å². The maximum atomic E-state index is 13.8. The van der Waals surface area contributed by atoms with Crippen LogP contribution in [0.15, 0.2) is 65.4 Å². The van der Waals surface area contributed by atoms with Gasteiger partial charge in [-0.3, -0.25) is 0 Å². The van der Waals surface area contributed by atoms with E-state index >= 15 is 0 Å². The minimum absolute atomic E-state index is 0.0184. The maximum Gasteiger partial charge on any atom is 0.343 e. The fourth-order valence-electron chi connectivity index (χ4n) is 5.46. The van der Waals surface area contributed by atoms with Crippen molar-refractivity contribution in [2.75, 3.05) is 0 Å². The number of phenols is 1. The van der Waals surface area contributed by atoms with Gasteiger partial charge in [0.05, 0.1) is 5.56 Å². The highest BCUT2D eigenvalue weighted by Gasteiger charge is 2.50. The molecule has 0 fully saturated rings. The predicted molar refractivity (Wildman–Crippen MR) is 151 cm³/mol. The van der Waals surface area contributed by atoms with E-state index < -0.39 is 23.3 Å². The molecule has 1 aliphatic rings. The summed E-state index contributed by atoms with van der Waals surface area (Å²) in [7, 11) is 0. The van der Waals surface area contributed by atoms with Gasteiger partial charge in [-0.25, -0.2) is 9.59 Å². The highest BCUT2D eigenvalue weighted by molar-refractivity contribution is 5.93. The fraction of sp³-hybridized carbons (Fsp3) is 0.455. The van der Waals surface area contributed by atoms with Crippen molar-refractivity contribution in [2.45, 2.75) is 80.1 Å². The standard InChI is InChI=1S/C33H42O5/c1-18(2)24-15-23(16-25(19(3)4)29(24)34)32(37)38-30-26(20(5)6)17-27(31(35)36)28(33(30,9)21(7)8)22-13-11-10-12-14-22/h10-21,28,34H,1-9H3,(H,35,36). The molecule has 38 heavy (non-hydrogen) atoms. The van der Waals surface area contributed by atoms with Crippen LogP contribution in [0.5, 0.6) is 5.75 Å². The molecule has 1 aliphatic carbocycles. The lowest BCUT2D eigenvalue weighted by atomic mass is 9.59. The molecule has 5 heteroatoms. The minimum atomic E-state index is -0.976. The molecular formula is C33H42O5. The number of ether oxygens (including phenoxy) is 1. The highest BCUT2D eigenvalue weighted by Crippen LogP contribution is 2.56. The molecule has 2 aromatic carbocycles. The van der Waals surface area contributed by atoms with Crippen LogP contribution in [0.25, 0.3) is 0 Å². The smallest absolute Gasteiger partial charge is 0.343 e. The van der Waals surface area contributed by atoms with E-state index in [1.807, 2.05) is 92.6 Å². The van der Waals surface area contributed by atoms with Crippen molar-refractivity contribution in [1.82, 2.24) is 0 Å². The third-order valence-corrected chi connectivity index (χ3v) is 8.02. The van der Waals surface area contributed by atoms with Crippen molar-refractivity contribution in [3.8, 4) is 5.75 Å². The van der Waals surface area contributed by atoms with E-state index in [4.69, 9.17) is 4.74 Å². The van der Waals surface area contributed by atoms with Crippen molar-refractivity contribution in [1.29, 1.82) is 0 Å². The molecule has 2 atom stereocenters. The summed E-state index contributed by atoms with van der Waals surface area (Å²) in [6.07, 6.45) is 1.70. The summed E-state index contributed by atoms with van der Waals surface area (Å²) in [6, 6.07) is 13.0. The van der Waals surface area contributed by atoms with Crippen LogP contribution in [0.1, 0.15) is 107 Å². The second kappa shape index (κ2) is 11.2. The van der Waals surface area contributed by atoms with Crippen LogP contribution in [0.3, 0.4) is 0 Å². The number of carbonyl (C=O) groups is 2. The topological polar surface area (TPSA) is 83.8 Å². The third-order valence-electron chi connectivity index (χ3n) is 8.02. The Labute approximate surface area is 227 Å². The average molecular weight is 519 g/mol. The Morgan fingerprint density at radius 1 is 0.868 bits per heavy atom. The molecule has 0 aliphatic heterocycles. The Kier molecular flexibility index (Phi) is 8.60. The second-order valence-corrected chi connectivity index (χ2v) is 11.8. The first-order chi connectivity index (χ1) is 17.7. The molecule has 0 spiro atoms. The lowest BCUT2D eigenvalue weighted by molar-refractivity contribution is -0.133. The number of rotatable bonds is 8. The Morgan fingerprint density at radius 2 is 1.39 bits per heavy atom. The molecule has 2 aromatic rings. The Bertz CT molecular complexity index is 1230. The Hall–Kier alpha value is -3.34. The summed E-state index contributed by atoms with van der Waals surface area (Å²) in [4.78, 5) is 26.4. The first kappa shape index (κ1) is 29.2. The molecular weight excluding hydrogens is 476 g/mol. The number of hydrogen-bond donors (Lipinski definition) is 2. The molecule has 0 amide bonds. The van der Waals surface area contributed by atoms with Crippen molar-refractivity contribution < 1.29 is 24.5 Å². The molecule has 3 rings (SSSR count). The van der Waals surface area contributed by atoms with Gasteiger partial charge in [-0.05, 0) is 64.1 Å². The first-order valence-electron chi connectivity index (χ1n) is 13.5. The summed E-state index contributed by atoms with van der Waals surface area (Å²) in [6.45, 7) is 18.0. The van der Waals surface area contributed by atoms with E-state index in [1.165, 1.54) is 0 Å². The lowest BCUT2D eigenvalue weighted by Crippen LogP contribution is -2.41. The Balaban J connectivity index is 2.26. The molecule has 0 saturated carbocycles. The van der Waals surface area contributed by atoms with Crippen LogP contribution >= 0.6 is 0 Å². The highest BCUT2D eigenvalue weighted by atomic mass is 16.5. The molecule has 2 unspecified atom stereocenters. The molecule has 2 N–H and O–H groups in total. The van der Waals surface area contributed by atoms with Crippen molar-refractivity contribution in [3.63, 3.8) is 0 Å². The van der Waals surface area contributed by atoms with Gasteiger partial charge in [0.15, 0.2) is 0 Å². The molecule has 5 nitrogen and oxygen atoms in total. The van der Waals surface area contributed by atoms with Crippen LogP contribution in [0.4, 0.5) is 0 Å². The van der Waals surface area contributed by atoms with E-state index in [9.17, 15) is 19.8 Å². The summed E-state index contributed by atoms with van der Waals surface area (Å²) in [5.74, 6) is -1.35. The average Bonchev–Trinajstić information content (AvgIpc) is 2.84. The molecule has 0 radical (unpaired) electrons. The molecule has 204 valence electrons. The molecule has 0 heterocycles. The molecule has 0 bridgehead atoms. The summed E-state index contributed by atoms with van der Waals surface area (Å²) < 4.78 is 6.34. The third kappa shape index (κ3) is 5.29. The van der Waals surface area contributed by atoms with Gasteiger partial charge >= 0.3 is 11.9 Å². The first-order valence-corrected chi connectivity index (χ1v) is 13.5. The van der Waals surface area contributed by atoms with E-state index in [2.05, 4.69) is 0 Å². The fourth-order valence-corrected chi connectivity index (χ4v) is 5.46. The lowest BCUT2D eigenvalue weighted by Gasteiger charge is -2.46. The van der Waals surface area contributed by atoms with Crippen LogP contribution in [0, 0.1) is 17.3 Å². The van der Waals surface area contributed by atoms with Crippen LogP contribution in [-0.2, 0) is 9.53 Å². The summed E-state index contributed by atoms with van der Waals surface area (Å²) in [5.41, 5.74) is 2.84. The monoisotopic (exact) mass is 518 g/mol. The zero-order valence-corrected chi connectivity index (χ0v) is 24.1. The van der Waals surface area contributed by atoms with Gasteiger partial charge in [-0.1, -0.05) is 92.6 Å². The number of phenolic OH excluding ortho intramolecular Hbond substituents is 1. The number of hydrogen-bond acceptors (Lipinski definition) is 4. The van der Waals surface area contributed by atoms with Crippen LogP contribution < -0.4 is 0 Å². The maximum absolute atomic E-state index is 13.8. The van der Waals surface area contributed by atoms with Crippen molar-refractivity contribution >= 4 is 11.9 Å². The molecule has 0 aromatic heterocycles. The number of esters is 1. The van der Waals surface area contributed by atoms with Gasteiger partial charge in [0.1, 0.15) is 11.5 Å².